The quantitative estimate of drug-likeness (QED) is 0.667. The molecule has 0 saturated carbocycles. The third-order valence-electron chi connectivity index (χ3n) is 2.27. The third-order valence-corrected chi connectivity index (χ3v) is 3.32. The molecule has 0 aromatic heterocycles. The summed E-state index contributed by atoms with van der Waals surface area (Å²) in [6, 6.07) is -1.04. The van der Waals surface area contributed by atoms with Gasteiger partial charge in [0.1, 0.15) is 6.04 Å². The Kier molecular flexibility index (Phi) is 4.74. The van der Waals surface area contributed by atoms with Gasteiger partial charge in [-0.05, 0) is 31.3 Å². The molecule has 1 heterocycles. The fourth-order valence-electron chi connectivity index (χ4n) is 1.33. The number of urea groups is 1. The second kappa shape index (κ2) is 5.85. The van der Waals surface area contributed by atoms with Crippen molar-refractivity contribution in [3.63, 3.8) is 0 Å². The van der Waals surface area contributed by atoms with Crippen molar-refractivity contribution in [1.82, 2.24) is 10.6 Å². The van der Waals surface area contributed by atoms with Crippen molar-refractivity contribution in [1.29, 1.82) is 0 Å². The van der Waals surface area contributed by atoms with Gasteiger partial charge in [0.2, 0.25) is 0 Å². The van der Waals surface area contributed by atoms with E-state index in [-0.39, 0.29) is 12.1 Å². The first kappa shape index (κ1) is 12.2. The van der Waals surface area contributed by atoms with Crippen molar-refractivity contribution in [2.24, 2.45) is 0 Å². The number of rotatable bonds is 3. The summed E-state index contributed by atoms with van der Waals surface area (Å²) < 4.78 is 0. The highest BCUT2D eigenvalue weighted by Crippen LogP contribution is 2.16. The van der Waals surface area contributed by atoms with Crippen LogP contribution in [0.15, 0.2) is 0 Å². The van der Waals surface area contributed by atoms with Crippen LogP contribution in [0.1, 0.15) is 19.8 Å². The molecule has 0 spiro atoms. The molecule has 1 atom stereocenters. The van der Waals surface area contributed by atoms with Gasteiger partial charge in [0.15, 0.2) is 0 Å². The van der Waals surface area contributed by atoms with Crippen LogP contribution in [0, 0.1) is 0 Å². The summed E-state index contributed by atoms with van der Waals surface area (Å²) in [5, 5.41) is 13.7. The number of thioether (sulfide) groups is 1. The fraction of sp³-hybridized carbons (Fsp3) is 0.778. The summed E-state index contributed by atoms with van der Waals surface area (Å²) in [6.45, 7) is 1.44. The predicted molar refractivity (Wildman–Crippen MR) is 59.1 cm³/mol. The van der Waals surface area contributed by atoms with Crippen molar-refractivity contribution in [2.45, 2.75) is 31.8 Å². The largest absolute Gasteiger partial charge is 0.480 e. The molecule has 1 saturated heterocycles. The van der Waals surface area contributed by atoms with Crippen LogP contribution < -0.4 is 10.6 Å². The number of carbonyl (C=O) groups is 2. The zero-order chi connectivity index (χ0) is 11.3. The molecular formula is C9H16N2O3S. The van der Waals surface area contributed by atoms with Gasteiger partial charge in [-0.25, -0.2) is 4.79 Å². The predicted octanol–water partition coefficient (Wildman–Crippen LogP) is 0.654. The minimum absolute atomic E-state index is 0.187. The smallest absolute Gasteiger partial charge is 0.325 e. The molecule has 2 amide bonds. The van der Waals surface area contributed by atoms with Gasteiger partial charge >= 0.3 is 12.0 Å². The monoisotopic (exact) mass is 232 g/mol. The first-order valence-corrected chi connectivity index (χ1v) is 6.12. The van der Waals surface area contributed by atoms with Crippen LogP contribution in [-0.2, 0) is 4.79 Å². The Hall–Kier alpha value is -0.910. The van der Waals surface area contributed by atoms with Crippen LogP contribution in [-0.4, -0.2) is 40.7 Å². The summed E-state index contributed by atoms with van der Waals surface area (Å²) in [6.07, 6.45) is 1.92. The van der Waals surface area contributed by atoms with E-state index in [1.54, 1.807) is 0 Å². The van der Waals surface area contributed by atoms with Gasteiger partial charge in [-0.15, -0.1) is 0 Å². The molecule has 15 heavy (non-hydrogen) atoms. The second-order valence-corrected chi connectivity index (χ2v) is 4.79. The van der Waals surface area contributed by atoms with E-state index in [4.69, 9.17) is 5.11 Å². The summed E-state index contributed by atoms with van der Waals surface area (Å²) >= 11 is 1.88. The molecule has 1 fully saturated rings. The number of hydrogen-bond donors (Lipinski definition) is 3. The number of carbonyl (C=O) groups excluding carboxylic acids is 1. The molecule has 0 aliphatic carbocycles. The number of nitrogens with one attached hydrogen (secondary N) is 2. The Labute approximate surface area is 93.0 Å². The molecule has 1 rings (SSSR count). The molecule has 6 heteroatoms. The van der Waals surface area contributed by atoms with E-state index in [0.717, 1.165) is 24.3 Å². The number of hydrogen-bond acceptors (Lipinski definition) is 3. The van der Waals surface area contributed by atoms with E-state index in [1.165, 1.54) is 6.92 Å². The van der Waals surface area contributed by atoms with Crippen molar-refractivity contribution in [3.05, 3.63) is 0 Å². The van der Waals surface area contributed by atoms with Gasteiger partial charge in [0, 0.05) is 6.04 Å². The molecule has 0 unspecified atom stereocenters. The van der Waals surface area contributed by atoms with E-state index >= 15 is 0 Å². The minimum Gasteiger partial charge on any atom is -0.480 e. The zero-order valence-electron chi connectivity index (χ0n) is 8.66. The van der Waals surface area contributed by atoms with Crippen molar-refractivity contribution >= 4 is 23.8 Å². The van der Waals surface area contributed by atoms with Crippen molar-refractivity contribution in [3.8, 4) is 0 Å². The van der Waals surface area contributed by atoms with E-state index in [2.05, 4.69) is 10.6 Å². The SMILES string of the molecule is C[C@@H](NC(=O)NC1CCSCC1)C(=O)O. The van der Waals surface area contributed by atoms with Gasteiger partial charge in [-0.3, -0.25) is 4.79 Å². The van der Waals surface area contributed by atoms with Gasteiger partial charge in [0.05, 0.1) is 0 Å². The molecular weight excluding hydrogens is 216 g/mol. The zero-order valence-corrected chi connectivity index (χ0v) is 9.47. The van der Waals surface area contributed by atoms with Crippen LogP contribution in [0.4, 0.5) is 4.79 Å². The highest BCUT2D eigenvalue weighted by Gasteiger charge is 2.18. The Morgan fingerprint density at radius 1 is 1.40 bits per heavy atom. The number of amides is 2. The molecule has 86 valence electrons. The van der Waals surface area contributed by atoms with Crippen LogP contribution in [0.25, 0.3) is 0 Å². The second-order valence-electron chi connectivity index (χ2n) is 3.56. The van der Waals surface area contributed by atoms with Gasteiger partial charge < -0.3 is 15.7 Å². The summed E-state index contributed by atoms with van der Waals surface area (Å²) in [4.78, 5) is 21.8. The fourth-order valence-corrected chi connectivity index (χ4v) is 2.43. The lowest BCUT2D eigenvalue weighted by Gasteiger charge is -2.23. The third kappa shape index (κ3) is 4.42. The van der Waals surface area contributed by atoms with E-state index < -0.39 is 12.0 Å². The molecule has 1 aliphatic heterocycles. The maximum atomic E-state index is 11.3. The Balaban J connectivity index is 2.25. The lowest BCUT2D eigenvalue weighted by molar-refractivity contribution is -0.138. The minimum atomic E-state index is -1.02. The maximum Gasteiger partial charge on any atom is 0.325 e. The van der Waals surface area contributed by atoms with Gasteiger partial charge in [0.25, 0.3) is 0 Å². The lowest BCUT2D eigenvalue weighted by atomic mass is 10.2. The first-order chi connectivity index (χ1) is 7.09. The normalized spacial score (nSPS) is 19.3. The van der Waals surface area contributed by atoms with Crippen LogP contribution in [0.2, 0.25) is 0 Å². The van der Waals surface area contributed by atoms with E-state index in [1.807, 2.05) is 11.8 Å². The molecule has 0 radical (unpaired) electrons. The van der Waals surface area contributed by atoms with Gasteiger partial charge in [-0.1, -0.05) is 0 Å². The molecule has 0 aromatic rings. The summed E-state index contributed by atoms with van der Waals surface area (Å²) in [5.74, 6) is 1.09. The summed E-state index contributed by atoms with van der Waals surface area (Å²) in [5.41, 5.74) is 0. The Morgan fingerprint density at radius 2 is 2.00 bits per heavy atom. The van der Waals surface area contributed by atoms with Crippen LogP contribution in [0.5, 0.6) is 0 Å². The van der Waals surface area contributed by atoms with E-state index in [9.17, 15) is 9.59 Å². The van der Waals surface area contributed by atoms with Crippen molar-refractivity contribution in [2.75, 3.05) is 11.5 Å². The Bertz CT molecular complexity index is 242. The van der Waals surface area contributed by atoms with Crippen LogP contribution in [0.3, 0.4) is 0 Å². The van der Waals surface area contributed by atoms with Gasteiger partial charge in [-0.2, -0.15) is 11.8 Å². The number of carboxylic acids is 1. The standard InChI is InChI=1S/C9H16N2O3S/c1-6(8(12)13)10-9(14)11-7-2-4-15-5-3-7/h6-7H,2-5H2,1H3,(H,12,13)(H2,10,11,14)/t6-/m1/s1. The highest BCUT2D eigenvalue weighted by atomic mass is 32.2. The number of aliphatic carboxylic acids is 1. The summed E-state index contributed by atoms with van der Waals surface area (Å²) in [7, 11) is 0. The average Bonchev–Trinajstić information content (AvgIpc) is 2.18. The van der Waals surface area contributed by atoms with Crippen LogP contribution >= 0.6 is 11.8 Å². The Morgan fingerprint density at radius 3 is 2.53 bits per heavy atom. The molecule has 5 nitrogen and oxygen atoms in total. The lowest BCUT2D eigenvalue weighted by Crippen LogP contribution is -2.48. The average molecular weight is 232 g/mol. The molecule has 0 aromatic carbocycles. The highest BCUT2D eigenvalue weighted by molar-refractivity contribution is 7.99. The molecule has 0 bridgehead atoms. The number of carboxylic acid groups (broad SMARTS) is 1. The molecule has 3 N–H and O–H groups in total. The van der Waals surface area contributed by atoms with E-state index in [0.29, 0.717) is 0 Å². The first-order valence-electron chi connectivity index (χ1n) is 4.97. The molecule has 1 aliphatic rings. The topological polar surface area (TPSA) is 78.4 Å². The van der Waals surface area contributed by atoms with Crippen molar-refractivity contribution < 1.29 is 14.7 Å². The maximum absolute atomic E-state index is 11.3.